The third-order valence-electron chi connectivity index (χ3n) is 0.723. The van der Waals surface area contributed by atoms with Gasteiger partial charge >= 0.3 is 11.9 Å². The van der Waals surface area contributed by atoms with Crippen LogP contribution in [0.5, 0.6) is 0 Å². The summed E-state index contributed by atoms with van der Waals surface area (Å²) in [6.07, 6.45) is 2.17. The molecule has 0 saturated heterocycles. The number of carbonyl (C=O) groups is 2. The van der Waals surface area contributed by atoms with Gasteiger partial charge in [0.05, 0.1) is 0 Å². The Balaban J connectivity index is 0.000000218. The Bertz CT molecular complexity index is 159. The van der Waals surface area contributed by atoms with E-state index in [2.05, 4.69) is 4.74 Å². The van der Waals surface area contributed by atoms with Crippen molar-refractivity contribution in [3.05, 3.63) is 12.2 Å². The predicted molar refractivity (Wildman–Crippen MR) is 38.3 cm³/mol. The Morgan fingerprint density at radius 3 is 1.55 bits per heavy atom. The molecule has 0 aromatic carbocycles. The third-order valence-corrected chi connectivity index (χ3v) is 0.723. The van der Waals surface area contributed by atoms with Crippen molar-refractivity contribution in [1.29, 1.82) is 0 Å². The molecule has 0 bridgehead atoms. The highest BCUT2D eigenvalue weighted by molar-refractivity contribution is 6.04. The summed E-state index contributed by atoms with van der Waals surface area (Å²) in [5.74, 6) is -1.16. The van der Waals surface area contributed by atoms with Crippen molar-refractivity contribution in [1.82, 2.24) is 0 Å². The molecule has 5 heteroatoms. The maximum absolute atomic E-state index is 9.92. The van der Waals surface area contributed by atoms with Gasteiger partial charge in [-0.05, 0) is 0 Å². The average molecular weight is 158 g/mol. The Labute approximate surface area is 64.0 Å². The Kier molecular flexibility index (Phi) is 4.97. The summed E-state index contributed by atoms with van der Waals surface area (Å²) < 4.78 is 3.97. The van der Waals surface area contributed by atoms with Crippen LogP contribution in [0.2, 0.25) is 0 Å². The minimum atomic E-state index is -0.579. The monoisotopic (exact) mass is 158 g/mol. The summed E-state index contributed by atoms with van der Waals surface area (Å²) in [5, 5.41) is 0. The van der Waals surface area contributed by atoms with Crippen LogP contribution in [-0.4, -0.2) is 25.0 Å². The van der Waals surface area contributed by atoms with Gasteiger partial charge in [-0.2, -0.15) is 0 Å². The molecular weight excluding hydrogens is 148 g/mol. The molecule has 1 aliphatic heterocycles. The molecule has 0 aromatic rings. The Morgan fingerprint density at radius 2 is 1.45 bits per heavy atom. The lowest BCUT2D eigenvalue weighted by molar-refractivity contribution is -0.150. The van der Waals surface area contributed by atoms with Gasteiger partial charge in [0.15, 0.2) is 0 Å². The van der Waals surface area contributed by atoms with Gasteiger partial charge in [0, 0.05) is 25.2 Å². The summed E-state index contributed by atoms with van der Waals surface area (Å²) in [4.78, 5) is 19.8. The molecule has 0 saturated carbocycles. The maximum Gasteiger partial charge on any atom is 0.338 e. The Morgan fingerprint density at radius 1 is 1.09 bits per heavy atom. The van der Waals surface area contributed by atoms with Gasteiger partial charge in [0.2, 0.25) is 0 Å². The molecule has 5 nitrogen and oxygen atoms in total. The first kappa shape index (κ1) is 9.80. The fraction of sp³-hybridized carbons (Fsp3) is 0.333. The van der Waals surface area contributed by atoms with E-state index in [0.717, 1.165) is 12.2 Å². The number of hydrogen-bond acceptors (Lipinski definition) is 5. The highest BCUT2D eigenvalue weighted by atomic mass is 16.6. The highest BCUT2D eigenvalue weighted by Gasteiger charge is 2.10. The van der Waals surface area contributed by atoms with Gasteiger partial charge in [-0.1, -0.05) is 0 Å². The molecule has 11 heavy (non-hydrogen) atoms. The van der Waals surface area contributed by atoms with Crippen LogP contribution in [0.1, 0.15) is 0 Å². The molecule has 1 rings (SSSR count). The van der Waals surface area contributed by atoms with E-state index in [1.165, 1.54) is 0 Å². The number of rotatable bonds is 1. The zero-order chi connectivity index (χ0) is 8.69. The van der Waals surface area contributed by atoms with E-state index in [4.69, 9.17) is 11.5 Å². The second-order valence-electron chi connectivity index (χ2n) is 1.65. The number of cyclic esters (lactones) is 2. The molecule has 0 aliphatic carbocycles. The highest BCUT2D eigenvalue weighted by Crippen LogP contribution is 1.92. The van der Waals surface area contributed by atoms with Crippen molar-refractivity contribution >= 4 is 11.9 Å². The molecule has 0 aromatic heterocycles. The molecule has 1 aliphatic rings. The molecule has 0 unspecified atom stereocenters. The van der Waals surface area contributed by atoms with Crippen LogP contribution in [0.4, 0.5) is 0 Å². The van der Waals surface area contributed by atoms with E-state index in [0.29, 0.717) is 13.1 Å². The maximum atomic E-state index is 9.92. The SMILES string of the molecule is NCCN.O=C1C=CC(=O)O1. The van der Waals surface area contributed by atoms with E-state index >= 15 is 0 Å². The van der Waals surface area contributed by atoms with Crippen molar-refractivity contribution in [3.63, 3.8) is 0 Å². The molecular formula is C6H10N2O3. The Hall–Kier alpha value is -1.20. The second-order valence-corrected chi connectivity index (χ2v) is 1.65. The molecule has 0 radical (unpaired) electrons. The lowest BCUT2D eigenvalue weighted by Crippen LogP contribution is -2.11. The van der Waals surface area contributed by atoms with Gasteiger partial charge in [0.25, 0.3) is 0 Å². The first-order valence-corrected chi connectivity index (χ1v) is 3.04. The fourth-order valence-corrected chi connectivity index (χ4v) is 0.303. The van der Waals surface area contributed by atoms with E-state index in [9.17, 15) is 9.59 Å². The van der Waals surface area contributed by atoms with E-state index < -0.39 is 11.9 Å². The molecule has 1 heterocycles. The molecule has 0 spiro atoms. The molecule has 0 amide bonds. The fourth-order valence-electron chi connectivity index (χ4n) is 0.303. The van der Waals surface area contributed by atoms with Gasteiger partial charge in [-0.15, -0.1) is 0 Å². The summed E-state index contributed by atoms with van der Waals surface area (Å²) >= 11 is 0. The van der Waals surface area contributed by atoms with E-state index in [1.807, 2.05) is 0 Å². The molecule has 0 fully saturated rings. The van der Waals surface area contributed by atoms with Gasteiger partial charge in [-0.3, -0.25) is 0 Å². The number of ether oxygens (including phenoxy) is 1. The van der Waals surface area contributed by atoms with Gasteiger partial charge in [0.1, 0.15) is 0 Å². The molecule has 0 atom stereocenters. The number of esters is 2. The smallest absolute Gasteiger partial charge is 0.338 e. The van der Waals surface area contributed by atoms with Crippen LogP contribution < -0.4 is 11.5 Å². The zero-order valence-electron chi connectivity index (χ0n) is 5.95. The molecule has 4 N–H and O–H groups in total. The van der Waals surface area contributed by atoms with E-state index in [-0.39, 0.29) is 0 Å². The summed E-state index contributed by atoms with van der Waals surface area (Å²) in [6.45, 7) is 1.19. The van der Waals surface area contributed by atoms with Crippen LogP contribution >= 0.6 is 0 Å². The van der Waals surface area contributed by atoms with Crippen molar-refractivity contribution in [2.45, 2.75) is 0 Å². The first-order valence-electron chi connectivity index (χ1n) is 3.04. The summed E-state index contributed by atoms with van der Waals surface area (Å²) in [6, 6.07) is 0. The van der Waals surface area contributed by atoms with Crippen molar-refractivity contribution in [2.24, 2.45) is 11.5 Å². The van der Waals surface area contributed by atoms with Gasteiger partial charge in [-0.25, -0.2) is 9.59 Å². The third kappa shape index (κ3) is 5.25. The number of hydrogen-bond donors (Lipinski definition) is 2. The van der Waals surface area contributed by atoms with Crippen LogP contribution in [0, 0.1) is 0 Å². The quantitative estimate of drug-likeness (QED) is 0.359. The van der Waals surface area contributed by atoms with Crippen molar-refractivity contribution < 1.29 is 14.3 Å². The lowest BCUT2D eigenvalue weighted by Gasteiger charge is -1.80. The topological polar surface area (TPSA) is 95.4 Å². The summed E-state index contributed by atoms with van der Waals surface area (Å²) in [7, 11) is 0. The van der Waals surface area contributed by atoms with Crippen molar-refractivity contribution in [2.75, 3.05) is 13.1 Å². The van der Waals surface area contributed by atoms with Crippen LogP contribution in [0.3, 0.4) is 0 Å². The minimum Gasteiger partial charge on any atom is -0.387 e. The lowest BCUT2D eigenvalue weighted by atomic mass is 10.6. The molecule has 62 valence electrons. The normalized spacial score (nSPS) is 14.0. The number of nitrogens with two attached hydrogens (primary N) is 2. The summed E-state index contributed by atoms with van der Waals surface area (Å²) in [5.41, 5.74) is 9.81. The number of carbonyl (C=O) groups excluding carboxylic acids is 2. The van der Waals surface area contributed by atoms with Crippen LogP contribution in [-0.2, 0) is 14.3 Å². The van der Waals surface area contributed by atoms with Crippen LogP contribution in [0.25, 0.3) is 0 Å². The zero-order valence-corrected chi connectivity index (χ0v) is 5.95. The second kappa shape index (κ2) is 5.57. The standard InChI is InChI=1S/C4H2O3.C2H8N2/c5-3-1-2-4(6)7-3;3-1-2-4/h1-2H;1-4H2. The van der Waals surface area contributed by atoms with Crippen molar-refractivity contribution in [3.8, 4) is 0 Å². The minimum absolute atomic E-state index is 0.579. The average Bonchev–Trinajstić information content (AvgIpc) is 2.35. The van der Waals surface area contributed by atoms with E-state index in [1.54, 1.807) is 0 Å². The van der Waals surface area contributed by atoms with Gasteiger partial charge < -0.3 is 16.2 Å². The first-order chi connectivity index (χ1) is 5.20. The van der Waals surface area contributed by atoms with Crippen LogP contribution in [0.15, 0.2) is 12.2 Å². The predicted octanol–water partition coefficient (Wildman–Crippen LogP) is -1.47. The largest absolute Gasteiger partial charge is 0.387 e.